The van der Waals surface area contributed by atoms with Gasteiger partial charge >= 0.3 is 0 Å². The van der Waals surface area contributed by atoms with Crippen LogP contribution in [0.15, 0.2) is 24.3 Å². The molecule has 1 aliphatic rings. The van der Waals surface area contributed by atoms with Gasteiger partial charge in [-0.05, 0) is 35.8 Å². The van der Waals surface area contributed by atoms with E-state index >= 15 is 0 Å². The van der Waals surface area contributed by atoms with Crippen LogP contribution in [0.4, 0.5) is 0 Å². The van der Waals surface area contributed by atoms with Gasteiger partial charge in [0.1, 0.15) is 0 Å². The molecule has 19 heavy (non-hydrogen) atoms. The highest BCUT2D eigenvalue weighted by molar-refractivity contribution is 9.09. The molecule has 0 saturated heterocycles. The van der Waals surface area contributed by atoms with E-state index in [4.69, 9.17) is 0 Å². The average Bonchev–Trinajstić information content (AvgIpc) is 2.46. The first-order valence-electron chi connectivity index (χ1n) is 7.90. The molecule has 0 heterocycles. The average molecular weight is 323 g/mol. The minimum atomic E-state index is 0.538. The van der Waals surface area contributed by atoms with Gasteiger partial charge in [0, 0.05) is 4.83 Å². The summed E-state index contributed by atoms with van der Waals surface area (Å²) in [5.41, 5.74) is 2.89. The van der Waals surface area contributed by atoms with Gasteiger partial charge in [-0.1, -0.05) is 86.1 Å². The Bertz CT molecular complexity index is 360. The Labute approximate surface area is 127 Å². The molecule has 1 atom stereocenters. The SMILES string of the molecule is CC(C)c1ccc(C(Br)CCC2CCCCC2)cc1. The number of halogens is 1. The van der Waals surface area contributed by atoms with Crippen molar-refractivity contribution in [2.75, 3.05) is 0 Å². The van der Waals surface area contributed by atoms with E-state index in [2.05, 4.69) is 54.0 Å². The molecule has 1 saturated carbocycles. The van der Waals surface area contributed by atoms with Gasteiger partial charge in [0.15, 0.2) is 0 Å². The van der Waals surface area contributed by atoms with Crippen LogP contribution in [0.2, 0.25) is 0 Å². The summed E-state index contributed by atoms with van der Waals surface area (Å²) in [4.78, 5) is 0.538. The Balaban J connectivity index is 1.83. The van der Waals surface area contributed by atoms with Crippen molar-refractivity contribution in [3.05, 3.63) is 35.4 Å². The number of alkyl halides is 1. The quantitative estimate of drug-likeness (QED) is 0.535. The van der Waals surface area contributed by atoms with Gasteiger partial charge in [0.2, 0.25) is 0 Å². The molecular formula is C18H27Br. The lowest BCUT2D eigenvalue weighted by atomic mass is 9.85. The van der Waals surface area contributed by atoms with E-state index in [-0.39, 0.29) is 0 Å². The zero-order valence-corrected chi connectivity index (χ0v) is 14.0. The van der Waals surface area contributed by atoms with E-state index in [1.807, 2.05) is 0 Å². The first-order valence-corrected chi connectivity index (χ1v) is 8.82. The maximum Gasteiger partial charge on any atom is 0.0395 e. The van der Waals surface area contributed by atoms with Gasteiger partial charge in [-0.2, -0.15) is 0 Å². The first kappa shape index (κ1) is 15.1. The van der Waals surface area contributed by atoms with E-state index in [1.54, 1.807) is 0 Å². The van der Waals surface area contributed by atoms with Crippen molar-refractivity contribution in [3.63, 3.8) is 0 Å². The Kier molecular flexibility index (Phi) is 5.94. The lowest BCUT2D eigenvalue weighted by molar-refractivity contribution is 0.332. The minimum Gasteiger partial charge on any atom is -0.0839 e. The zero-order chi connectivity index (χ0) is 13.7. The molecule has 2 rings (SSSR count). The van der Waals surface area contributed by atoms with Crippen LogP contribution >= 0.6 is 15.9 Å². The van der Waals surface area contributed by atoms with Crippen LogP contribution in [0.3, 0.4) is 0 Å². The maximum atomic E-state index is 3.87. The smallest absolute Gasteiger partial charge is 0.0395 e. The van der Waals surface area contributed by atoms with Gasteiger partial charge in [-0.15, -0.1) is 0 Å². The predicted molar refractivity (Wildman–Crippen MR) is 88.0 cm³/mol. The van der Waals surface area contributed by atoms with Crippen LogP contribution < -0.4 is 0 Å². The van der Waals surface area contributed by atoms with E-state index in [9.17, 15) is 0 Å². The van der Waals surface area contributed by atoms with Crippen LogP contribution in [0.1, 0.15) is 80.7 Å². The molecule has 0 radical (unpaired) electrons. The number of hydrogen-bond acceptors (Lipinski definition) is 0. The van der Waals surface area contributed by atoms with Gasteiger partial charge in [-0.25, -0.2) is 0 Å². The van der Waals surface area contributed by atoms with Crippen molar-refractivity contribution in [3.8, 4) is 0 Å². The molecule has 0 amide bonds. The molecule has 1 aromatic rings. The second-order valence-electron chi connectivity index (χ2n) is 6.37. The summed E-state index contributed by atoms with van der Waals surface area (Å²) in [6.07, 6.45) is 9.98. The second kappa shape index (κ2) is 7.47. The van der Waals surface area contributed by atoms with Gasteiger partial charge < -0.3 is 0 Å². The third-order valence-electron chi connectivity index (χ3n) is 4.52. The molecule has 1 aromatic carbocycles. The van der Waals surface area contributed by atoms with Crippen LogP contribution in [0.5, 0.6) is 0 Å². The topological polar surface area (TPSA) is 0 Å². The summed E-state index contributed by atoms with van der Waals surface area (Å²) in [6.45, 7) is 4.51. The van der Waals surface area contributed by atoms with Crippen molar-refractivity contribution < 1.29 is 0 Å². The molecule has 0 N–H and O–H groups in total. The van der Waals surface area contributed by atoms with Crippen molar-refractivity contribution in [1.29, 1.82) is 0 Å². The summed E-state index contributed by atoms with van der Waals surface area (Å²) in [6, 6.07) is 9.18. The van der Waals surface area contributed by atoms with Crippen molar-refractivity contribution in [1.82, 2.24) is 0 Å². The number of rotatable bonds is 5. The van der Waals surface area contributed by atoms with Crippen molar-refractivity contribution in [2.45, 2.75) is 69.5 Å². The summed E-state index contributed by atoms with van der Waals surface area (Å²) in [5.74, 6) is 1.62. The Morgan fingerprint density at radius 1 is 1.00 bits per heavy atom. The Morgan fingerprint density at radius 2 is 1.58 bits per heavy atom. The third-order valence-corrected chi connectivity index (χ3v) is 5.50. The molecule has 0 nitrogen and oxygen atoms in total. The summed E-state index contributed by atoms with van der Waals surface area (Å²) < 4.78 is 0. The van der Waals surface area contributed by atoms with Crippen LogP contribution in [0.25, 0.3) is 0 Å². The molecule has 0 aliphatic heterocycles. The normalized spacial score (nSPS) is 18.7. The summed E-state index contributed by atoms with van der Waals surface area (Å²) in [7, 11) is 0. The molecule has 1 unspecified atom stereocenters. The predicted octanol–water partition coefficient (Wildman–Crippen LogP) is 6.61. The fourth-order valence-electron chi connectivity index (χ4n) is 3.11. The van der Waals surface area contributed by atoms with Crippen LogP contribution in [-0.2, 0) is 0 Å². The van der Waals surface area contributed by atoms with Gasteiger partial charge in [0.25, 0.3) is 0 Å². The molecule has 1 fully saturated rings. The second-order valence-corrected chi connectivity index (χ2v) is 7.48. The molecule has 106 valence electrons. The summed E-state index contributed by atoms with van der Waals surface area (Å²) in [5, 5.41) is 0. The van der Waals surface area contributed by atoms with Crippen molar-refractivity contribution in [2.24, 2.45) is 5.92 Å². The monoisotopic (exact) mass is 322 g/mol. The molecule has 1 heteroatoms. The maximum absolute atomic E-state index is 3.87. The largest absolute Gasteiger partial charge is 0.0839 e. The molecule has 0 bridgehead atoms. The van der Waals surface area contributed by atoms with Gasteiger partial charge in [-0.3, -0.25) is 0 Å². The van der Waals surface area contributed by atoms with E-state index < -0.39 is 0 Å². The summed E-state index contributed by atoms with van der Waals surface area (Å²) >= 11 is 3.87. The Hall–Kier alpha value is -0.300. The highest BCUT2D eigenvalue weighted by Gasteiger charge is 2.16. The lowest BCUT2D eigenvalue weighted by Crippen LogP contribution is -2.07. The number of benzene rings is 1. The van der Waals surface area contributed by atoms with E-state index in [0.29, 0.717) is 10.7 Å². The third kappa shape index (κ3) is 4.63. The zero-order valence-electron chi connectivity index (χ0n) is 12.4. The fraction of sp³-hybridized carbons (Fsp3) is 0.667. The highest BCUT2D eigenvalue weighted by atomic mass is 79.9. The molecular weight excluding hydrogens is 296 g/mol. The van der Waals surface area contributed by atoms with Crippen LogP contribution in [-0.4, -0.2) is 0 Å². The van der Waals surface area contributed by atoms with Crippen molar-refractivity contribution >= 4 is 15.9 Å². The molecule has 0 spiro atoms. The van der Waals surface area contributed by atoms with Crippen LogP contribution in [0, 0.1) is 5.92 Å². The first-order chi connectivity index (χ1) is 9.16. The standard InChI is InChI=1S/C18H27Br/c1-14(2)16-9-11-17(12-10-16)18(19)13-8-15-6-4-3-5-7-15/h9-12,14-15,18H,3-8,13H2,1-2H3. The molecule has 1 aliphatic carbocycles. The highest BCUT2D eigenvalue weighted by Crippen LogP contribution is 2.34. The Morgan fingerprint density at radius 3 is 2.16 bits per heavy atom. The van der Waals surface area contributed by atoms with E-state index in [1.165, 1.54) is 56.1 Å². The number of hydrogen-bond donors (Lipinski definition) is 0. The molecule has 0 aromatic heterocycles. The minimum absolute atomic E-state index is 0.538. The fourth-order valence-corrected chi connectivity index (χ4v) is 3.68. The van der Waals surface area contributed by atoms with E-state index in [0.717, 1.165) is 5.92 Å². The van der Waals surface area contributed by atoms with Gasteiger partial charge in [0.05, 0.1) is 0 Å². The lowest BCUT2D eigenvalue weighted by Gasteiger charge is -2.22.